The summed E-state index contributed by atoms with van der Waals surface area (Å²) >= 11 is 3.36. The Morgan fingerprint density at radius 2 is 1.95 bits per heavy atom. The van der Waals surface area contributed by atoms with Crippen molar-refractivity contribution >= 4 is 39.9 Å². The van der Waals surface area contributed by atoms with Gasteiger partial charge in [-0.2, -0.15) is 0 Å². The van der Waals surface area contributed by atoms with Gasteiger partial charge in [-0.1, -0.05) is 34.1 Å². The van der Waals surface area contributed by atoms with Gasteiger partial charge in [0.05, 0.1) is 6.54 Å². The third-order valence-corrected chi connectivity index (χ3v) is 2.74. The second-order valence-corrected chi connectivity index (χ2v) is 4.75. The summed E-state index contributed by atoms with van der Waals surface area (Å²) in [5.74, 6) is -0.0446. The molecule has 0 saturated heterocycles. The average Bonchev–Trinajstić information content (AvgIpc) is 2.29. The molecule has 0 aliphatic heterocycles. The van der Waals surface area contributed by atoms with Crippen LogP contribution >= 0.6 is 28.3 Å². The zero-order valence-electron chi connectivity index (χ0n) is 10.6. The smallest absolute Gasteiger partial charge is 0.238 e. The highest BCUT2D eigenvalue weighted by Gasteiger charge is 2.08. The van der Waals surface area contributed by atoms with Crippen molar-refractivity contribution in [3.05, 3.63) is 54.0 Å². The van der Waals surface area contributed by atoms with Crippen LogP contribution in [-0.4, -0.2) is 30.4 Å². The van der Waals surface area contributed by atoms with Crippen molar-refractivity contribution in [1.29, 1.82) is 0 Å². The van der Waals surface area contributed by atoms with Crippen LogP contribution in [0.3, 0.4) is 0 Å². The van der Waals surface area contributed by atoms with Crippen molar-refractivity contribution in [3.63, 3.8) is 0 Å². The monoisotopic (exact) mass is 344 g/mol. The molecule has 0 fully saturated rings. The van der Waals surface area contributed by atoms with Crippen LogP contribution in [0.4, 0.5) is 5.69 Å². The van der Waals surface area contributed by atoms with E-state index in [4.69, 9.17) is 0 Å². The van der Waals surface area contributed by atoms with Gasteiger partial charge in [0.1, 0.15) is 0 Å². The number of amides is 1. The molecule has 1 aromatic carbocycles. The van der Waals surface area contributed by atoms with Crippen molar-refractivity contribution < 1.29 is 4.79 Å². The van der Waals surface area contributed by atoms with Crippen molar-refractivity contribution in [1.82, 2.24) is 4.90 Å². The summed E-state index contributed by atoms with van der Waals surface area (Å²) < 4.78 is 0.939. The molecule has 1 N–H and O–H groups in total. The molecular weight excluding hydrogens is 328 g/mol. The number of hydrogen-bond donors (Lipinski definition) is 1. The van der Waals surface area contributed by atoms with Gasteiger partial charge >= 0.3 is 0 Å². The number of anilines is 1. The summed E-state index contributed by atoms with van der Waals surface area (Å²) in [7, 11) is 0. The third kappa shape index (κ3) is 7.15. The number of carbonyl (C=O) groups excluding carboxylic acids is 1. The number of halogens is 2. The SMILES string of the molecule is C=CCN(CC=C)CC(=O)Nc1cccc(Br)c1.Cl. The van der Waals surface area contributed by atoms with Crippen molar-refractivity contribution in [2.45, 2.75) is 0 Å². The van der Waals surface area contributed by atoms with Crippen molar-refractivity contribution in [2.24, 2.45) is 0 Å². The van der Waals surface area contributed by atoms with Crippen LogP contribution in [0.2, 0.25) is 0 Å². The summed E-state index contributed by atoms with van der Waals surface area (Å²) in [5.41, 5.74) is 0.784. The Labute approximate surface area is 128 Å². The van der Waals surface area contributed by atoms with E-state index in [9.17, 15) is 4.79 Å². The van der Waals surface area contributed by atoms with E-state index in [0.29, 0.717) is 19.6 Å². The first-order valence-electron chi connectivity index (χ1n) is 5.65. The van der Waals surface area contributed by atoms with Crippen LogP contribution in [0.5, 0.6) is 0 Å². The predicted molar refractivity (Wildman–Crippen MR) is 86.9 cm³/mol. The Morgan fingerprint density at radius 1 is 1.32 bits per heavy atom. The van der Waals surface area contributed by atoms with Gasteiger partial charge in [-0.05, 0) is 18.2 Å². The fraction of sp³-hybridized carbons (Fsp3) is 0.214. The Balaban J connectivity index is 0.00000324. The van der Waals surface area contributed by atoms with E-state index < -0.39 is 0 Å². The molecule has 5 heteroatoms. The largest absolute Gasteiger partial charge is 0.325 e. The molecule has 0 aliphatic rings. The van der Waals surface area contributed by atoms with Gasteiger partial charge in [0, 0.05) is 23.2 Å². The Hall–Kier alpha value is -1.10. The van der Waals surface area contributed by atoms with Gasteiger partial charge < -0.3 is 5.32 Å². The Morgan fingerprint density at radius 3 is 2.47 bits per heavy atom. The van der Waals surface area contributed by atoms with E-state index in [2.05, 4.69) is 34.4 Å². The first kappa shape index (κ1) is 17.9. The molecule has 0 spiro atoms. The molecule has 0 saturated carbocycles. The molecule has 0 aromatic heterocycles. The molecule has 0 bridgehead atoms. The van der Waals surface area contributed by atoms with E-state index in [1.807, 2.05) is 29.2 Å². The van der Waals surface area contributed by atoms with Gasteiger partial charge in [-0.25, -0.2) is 0 Å². The van der Waals surface area contributed by atoms with Gasteiger partial charge in [-0.3, -0.25) is 9.69 Å². The number of nitrogens with one attached hydrogen (secondary N) is 1. The molecule has 3 nitrogen and oxygen atoms in total. The minimum absolute atomic E-state index is 0. The topological polar surface area (TPSA) is 32.3 Å². The molecule has 1 aromatic rings. The molecule has 19 heavy (non-hydrogen) atoms. The van der Waals surface area contributed by atoms with E-state index >= 15 is 0 Å². The highest BCUT2D eigenvalue weighted by Crippen LogP contribution is 2.15. The first-order valence-corrected chi connectivity index (χ1v) is 6.44. The van der Waals surface area contributed by atoms with Crippen molar-refractivity contribution in [2.75, 3.05) is 25.0 Å². The standard InChI is InChI=1S/C14H17BrN2O.ClH/c1-3-8-17(9-4-2)11-14(18)16-13-7-5-6-12(15)10-13;/h3-7,10H,1-2,8-9,11H2,(H,16,18);1H. The van der Waals surface area contributed by atoms with Gasteiger partial charge in [0.25, 0.3) is 0 Å². The highest BCUT2D eigenvalue weighted by atomic mass is 79.9. The lowest BCUT2D eigenvalue weighted by atomic mass is 10.3. The molecule has 1 amide bonds. The number of carbonyl (C=O) groups is 1. The molecule has 0 radical (unpaired) electrons. The fourth-order valence-electron chi connectivity index (χ4n) is 1.54. The zero-order chi connectivity index (χ0) is 13.4. The molecule has 104 valence electrons. The number of benzene rings is 1. The minimum atomic E-state index is -0.0446. The molecule has 0 unspecified atom stereocenters. The number of nitrogens with zero attached hydrogens (tertiary/aromatic N) is 1. The predicted octanol–water partition coefficient (Wildman–Crippen LogP) is 3.48. The quantitative estimate of drug-likeness (QED) is 0.767. The van der Waals surface area contributed by atoms with Crippen LogP contribution in [0.1, 0.15) is 0 Å². The van der Waals surface area contributed by atoms with Gasteiger partial charge in [0.2, 0.25) is 5.91 Å². The Bertz CT molecular complexity index is 427. The van der Waals surface area contributed by atoms with Gasteiger partial charge in [-0.15, -0.1) is 25.6 Å². The lowest BCUT2D eigenvalue weighted by Gasteiger charge is -2.18. The first-order chi connectivity index (χ1) is 8.65. The van der Waals surface area contributed by atoms with Crippen LogP contribution in [0.15, 0.2) is 54.0 Å². The maximum absolute atomic E-state index is 11.8. The lowest BCUT2D eigenvalue weighted by molar-refractivity contribution is -0.117. The zero-order valence-corrected chi connectivity index (χ0v) is 13.0. The summed E-state index contributed by atoms with van der Waals surface area (Å²) in [6.45, 7) is 9.00. The number of hydrogen-bond acceptors (Lipinski definition) is 2. The van der Waals surface area contributed by atoms with E-state index in [-0.39, 0.29) is 18.3 Å². The lowest BCUT2D eigenvalue weighted by Crippen LogP contribution is -2.33. The van der Waals surface area contributed by atoms with E-state index in [1.165, 1.54) is 0 Å². The summed E-state index contributed by atoms with van der Waals surface area (Å²) in [6.07, 6.45) is 3.55. The average molecular weight is 346 g/mol. The van der Waals surface area contributed by atoms with Gasteiger partial charge in [0.15, 0.2) is 0 Å². The second-order valence-electron chi connectivity index (χ2n) is 3.83. The highest BCUT2D eigenvalue weighted by molar-refractivity contribution is 9.10. The molecular formula is C14H18BrClN2O. The summed E-state index contributed by atoms with van der Waals surface area (Å²) in [6, 6.07) is 7.51. The van der Waals surface area contributed by atoms with Crippen LogP contribution in [0, 0.1) is 0 Å². The van der Waals surface area contributed by atoms with Crippen LogP contribution in [0.25, 0.3) is 0 Å². The molecule has 0 aliphatic carbocycles. The molecule has 0 atom stereocenters. The Kier molecular flexibility index (Phi) is 9.21. The van der Waals surface area contributed by atoms with Crippen LogP contribution < -0.4 is 5.32 Å². The maximum Gasteiger partial charge on any atom is 0.238 e. The van der Waals surface area contributed by atoms with Crippen LogP contribution in [-0.2, 0) is 4.79 Å². The third-order valence-electron chi connectivity index (χ3n) is 2.25. The van der Waals surface area contributed by atoms with E-state index in [1.54, 1.807) is 12.2 Å². The number of rotatable bonds is 7. The van der Waals surface area contributed by atoms with E-state index in [0.717, 1.165) is 10.2 Å². The minimum Gasteiger partial charge on any atom is -0.325 e. The fourth-order valence-corrected chi connectivity index (χ4v) is 1.94. The molecule has 1 rings (SSSR count). The molecule has 0 heterocycles. The maximum atomic E-state index is 11.8. The summed E-state index contributed by atoms with van der Waals surface area (Å²) in [4.78, 5) is 13.8. The van der Waals surface area contributed by atoms with Crippen molar-refractivity contribution in [3.8, 4) is 0 Å². The summed E-state index contributed by atoms with van der Waals surface area (Å²) in [5, 5.41) is 2.85. The second kappa shape index (κ2) is 9.78. The normalized spacial score (nSPS) is 9.58.